The molecule has 0 radical (unpaired) electrons. The van der Waals surface area contributed by atoms with Gasteiger partial charge in [0.15, 0.2) is 0 Å². The number of rotatable bonds is 3. The van der Waals surface area contributed by atoms with E-state index in [0.29, 0.717) is 12.0 Å². The number of hydrogen-bond acceptors (Lipinski definition) is 2. The summed E-state index contributed by atoms with van der Waals surface area (Å²) in [6.07, 6.45) is 1.58. The number of nitrogens with two attached hydrogens (primary N) is 1. The van der Waals surface area contributed by atoms with Crippen molar-refractivity contribution < 1.29 is 9.50 Å². The Kier molecular flexibility index (Phi) is 3.72. The normalized spacial score (nSPS) is 12.9. The molecule has 0 saturated carbocycles. The summed E-state index contributed by atoms with van der Waals surface area (Å²) < 4.78 is 13.1. The van der Waals surface area contributed by atoms with Gasteiger partial charge in [-0.1, -0.05) is 24.9 Å². The maximum atomic E-state index is 13.1. The molecule has 0 spiro atoms. The lowest BCUT2D eigenvalue weighted by Crippen LogP contribution is -2.10. The van der Waals surface area contributed by atoms with Crippen molar-refractivity contribution in [1.82, 2.24) is 0 Å². The molecule has 0 aliphatic carbocycles. The molecule has 0 heterocycles. The van der Waals surface area contributed by atoms with Crippen LogP contribution < -0.4 is 5.73 Å². The highest BCUT2D eigenvalue weighted by Crippen LogP contribution is 2.30. The largest absolute Gasteiger partial charge is 0.508 e. The quantitative estimate of drug-likeness (QED) is 0.818. The van der Waals surface area contributed by atoms with Crippen molar-refractivity contribution in [2.45, 2.75) is 25.8 Å². The number of phenols is 1. The standard InChI is InChI=1S/C10H13ClFNO/c1-2-3-9(13)6-4-8(12)7(11)5-10(6)14/h4-5,9,14H,2-3,13H2,1H3/t9-/m1/s1. The average molecular weight is 218 g/mol. The minimum absolute atomic E-state index is 0.0441. The Hall–Kier alpha value is -0.800. The van der Waals surface area contributed by atoms with Crippen LogP contribution in [0.2, 0.25) is 5.02 Å². The second kappa shape index (κ2) is 4.62. The van der Waals surface area contributed by atoms with Crippen LogP contribution in [-0.2, 0) is 0 Å². The highest BCUT2D eigenvalue weighted by molar-refractivity contribution is 6.30. The van der Waals surface area contributed by atoms with Crippen molar-refractivity contribution in [2.24, 2.45) is 5.73 Å². The van der Waals surface area contributed by atoms with E-state index in [4.69, 9.17) is 17.3 Å². The Labute approximate surface area is 87.5 Å². The molecule has 1 rings (SSSR count). The fourth-order valence-corrected chi connectivity index (χ4v) is 1.47. The first kappa shape index (κ1) is 11.3. The predicted octanol–water partition coefficient (Wildman–Crippen LogP) is 2.98. The summed E-state index contributed by atoms with van der Waals surface area (Å²) in [5.74, 6) is -0.594. The van der Waals surface area contributed by atoms with Gasteiger partial charge in [-0.05, 0) is 12.5 Å². The molecule has 0 saturated heterocycles. The van der Waals surface area contributed by atoms with Crippen LogP contribution in [0.4, 0.5) is 4.39 Å². The SMILES string of the molecule is CCC[C@@H](N)c1cc(F)c(Cl)cc1O. The lowest BCUT2D eigenvalue weighted by atomic mass is 10.0. The number of hydrogen-bond donors (Lipinski definition) is 2. The summed E-state index contributed by atoms with van der Waals surface area (Å²) in [5.41, 5.74) is 6.17. The van der Waals surface area contributed by atoms with Gasteiger partial charge in [-0.2, -0.15) is 0 Å². The van der Waals surface area contributed by atoms with Crippen LogP contribution in [0.25, 0.3) is 0 Å². The number of aromatic hydroxyl groups is 1. The molecule has 0 aromatic heterocycles. The highest BCUT2D eigenvalue weighted by Gasteiger charge is 2.13. The third-order valence-electron chi connectivity index (χ3n) is 2.07. The Bertz CT molecular complexity index is 330. The van der Waals surface area contributed by atoms with Crippen molar-refractivity contribution >= 4 is 11.6 Å². The second-order valence-corrected chi connectivity index (χ2v) is 3.63. The van der Waals surface area contributed by atoms with Crippen LogP contribution in [0.5, 0.6) is 5.75 Å². The number of benzene rings is 1. The molecule has 3 N–H and O–H groups in total. The Morgan fingerprint density at radius 3 is 2.79 bits per heavy atom. The molecular formula is C10H13ClFNO. The van der Waals surface area contributed by atoms with E-state index in [0.717, 1.165) is 6.42 Å². The molecule has 0 aliphatic heterocycles. The zero-order valence-electron chi connectivity index (χ0n) is 7.93. The van der Waals surface area contributed by atoms with Gasteiger partial charge >= 0.3 is 0 Å². The first-order chi connectivity index (χ1) is 6.56. The first-order valence-electron chi connectivity index (χ1n) is 4.49. The molecule has 1 atom stereocenters. The van der Waals surface area contributed by atoms with E-state index < -0.39 is 5.82 Å². The summed E-state index contributed by atoms with van der Waals surface area (Å²) in [5, 5.41) is 9.39. The molecule has 0 aliphatic rings. The Morgan fingerprint density at radius 2 is 2.21 bits per heavy atom. The number of halogens is 2. The van der Waals surface area contributed by atoms with Gasteiger partial charge in [-0.15, -0.1) is 0 Å². The highest BCUT2D eigenvalue weighted by atomic mass is 35.5. The maximum Gasteiger partial charge on any atom is 0.142 e. The minimum atomic E-state index is -0.550. The summed E-state index contributed by atoms with van der Waals surface area (Å²) in [6.45, 7) is 1.98. The lowest BCUT2D eigenvalue weighted by Gasteiger charge is -2.13. The zero-order chi connectivity index (χ0) is 10.7. The van der Waals surface area contributed by atoms with Gasteiger partial charge in [0.1, 0.15) is 11.6 Å². The van der Waals surface area contributed by atoms with Crippen molar-refractivity contribution in [3.63, 3.8) is 0 Å². The molecule has 0 unspecified atom stereocenters. The zero-order valence-corrected chi connectivity index (χ0v) is 8.68. The third-order valence-corrected chi connectivity index (χ3v) is 2.36. The molecule has 0 bridgehead atoms. The molecule has 1 aromatic carbocycles. The van der Waals surface area contributed by atoms with Gasteiger partial charge in [-0.25, -0.2) is 4.39 Å². The summed E-state index contributed by atoms with van der Waals surface area (Å²) in [6, 6.07) is 2.03. The minimum Gasteiger partial charge on any atom is -0.508 e. The fraction of sp³-hybridized carbons (Fsp3) is 0.400. The molecule has 14 heavy (non-hydrogen) atoms. The van der Waals surface area contributed by atoms with E-state index in [-0.39, 0.29) is 16.8 Å². The summed E-state index contributed by atoms with van der Waals surface area (Å²) >= 11 is 5.49. The van der Waals surface area contributed by atoms with Gasteiger partial charge in [0.2, 0.25) is 0 Å². The van der Waals surface area contributed by atoms with Crippen LogP contribution in [0, 0.1) is 5.82 Å². The van der Waals surface area contributed by atoms with Crippen molar-refractivity contribution in [2.75, 3.05) is 0 Å². The third kappa shape index (κ3) is 2.36. The molecule has 78 valence electrons. The monoisotopic (exact) mass is 217 g/mol. The van der Waals surface area contributed by atoms with E-state index in [1.165, 1.54) is 12.1 Å². The molecule has 0 fully saturated rings. The van der Waals surface area contributed by atoms with E-state index >= 15 is 0 Å². The topological polar surface area (TPSA) is 46.2 Å². The summed E-state index contributed by atoms with van der Waals surface area (Å²) in [4.78, 5) is 0. The van der Waals surface area contributed by atoms with Crippen molar-refractivity contribution in [3.8, 4) is 5.75 Å². The number of phenolic OH excluding ortho intramolecular Hbond substituents is 1. The van der Waals surface area contributed by atoms with Crippen molar-refractivity contribution in [3.05, 3.63) is 28.5 Å². The molecular weight excluding hydrogens is 205 g/mol. The fourth-order valence-electron chi connectivity index (χ4n) is 1.32. The van der Waals surface area contributed by atoms with E-state index in [9.17, 15) is 9.50 Å². The maximum absolute atomic E-state index is 13.1. The second-order valence-electron chi connectivity index (χ2n) is 3.22. The van der Waals surface area contributed by atoms with E-state index in [1.807, 2.05) is 6.92 Å². The first-order valence-corrected chi connectivity index (χ1v) is 4.87. The van der Waals surface area contributed by atoms with Crippen LogP contribution in [0.3, 0.4) is 0 Å². The Morgan fingerprint density at radius 1 is 1.57 bits per heavy atom. The van der Waals surface area contributed by atoms with Gasteiger partial charge in [0.05, 0.1) is 5.02 Å². The smallest absolute Gasteiger partial charge is 0.142 e. The lowest BCUT2D eigenvalue weighted by molar-refractivity contribution is 0.455. The predicted molar refractivity (Wildman–Crippen MR) is 54.9 cm³/mol. The van der Waals surface area contributed by atoms with Gasteiger partial charge < -0.3 is 10.8 Å². The van der Waals surface area contributed by atoms with Crippen LogP contribution in [0.1, 0.15) is 31.4 Å². The van der Waals surface area contributed by atoms with Crippen LogP contribution in [-0.4, -0.2) is 5.11 Å². The van der Waals surface area contributed by atoms with Gasteiger partial charge in [0, 0.05) is 17.7 Å². The average Bonchev–Trinajstić information content (AvgIpc) is 2.11. The van der Waals surface area contributed by atoms with E-state index in [1.54, 1.807) is 0 Å². The van der Waals surface area contributed by atoms with Crippen LogP contribution >= 0.6 is 11.6 Å². The molecule has 2 nitrogen and oxygen atoms in total. The van der Waals surface area contributed by atoms with Crippen LogP contribution in [0.15, 0.2) is 12.1 Å². The Balaban J connectivity index is 3.02. The molecule has 4 heteroatoms. The summed E-state index contributed by atoms with van der Waals surface area (Å²) in [7, 11) is 0. The van der Waals surface area contributed by atoms with Gasteiger partial charge in [0.25, 0.3) is 0 Å². The van der Waals surface area contributed by atoms with E-state index in [2.05, 4.69) is 0 Å². The molecule has 0 amide bonds. The van der Waals surface area contributed by atoms with Gasteiger partial charge in [-0.3, -0.25) is 0 Å². The molecule has 1 aromatic rings. The van der Waals surface area contributed by atoms with Crippen molar-refractivity contribution in [1.29, 1.82) is 0 Å².